The van der Waals surface area contributed by atoms with E-state index in [-0.39, 0.29) is 19.0 Å². The van der Waals surface area contributed by atoms with Crippen LogP contribution in [0.2, 0.25) is 0 Å². The molecule has 0 heterocycles. The zero-order chi connectivity index (χ0) is 12.7. The van der Waals surface area contributed by atoms with Gasteiger partial charge in [0.25, 0.3) is 0 Å². The second kappa shape index (κ2) is 9.44. The molecule has 0 fully saturated rings. The Morgan fingerprint density at radius 2 is 2.11 bits per heavy atom. The number of ether oxygens (including phenoxy) is 2. The largest absolute Gasteiger partial charge is 1.00 e. The predicted octanol–water partition coefficient (Wildman–Crippen LogP) is -1.06. The van der Waals surface area contributed by atoms with E-state index >= 15 is 0 Å². The van der Waals surface area contributed by atoms with Crippen molar-refractivity contribution >= 4 is 15.9 Å². The first-order chi connectivity index (χ1) is 8.22. The number of methoxy groups -OCH3 is 1. The molecule has 0 saturated heterocycles. The van der Waals surface area contributed by atoms with E-state index in [4.69, 9.17) is 14.6 Å². The Hall–Kier alpha value is -0.490. The van der Waals surface area contributed by atoms with Gasteiger partial charge >= 0.3 is 0 Å². The van der Waals surface area contributed by atoms with E-state index in [0.717, 1.165) is 15.8 Å². The molecule has 0 radical (unpaired) electrons. The normalized spacial score (nSPS) is 9.78. The van der Waals surface area contributed by atoms with Gasteiger partial charge in [0.2, 0.25) is 0 Å². The van der Waals surface area contributed by atoms with E-state index in [9.17, 15) is 0 Å². The summed E-state index contributed by atoms with van der Waals surface area (Å²) < 4.78 is 11.8. The van der Waals surface area contributed by atoms with Crippen LogP contribution in [0.25, 0.3) is 0 Å². The fraction of sp³-hybridized carbons (Fsp3) is 0.500. The number of aliphatic hydroxyl groups is 1. The van der Waals surface area contributed by atoms with Crippen LogP contribution in [-0.2, 0) is 6.54 Å². The fourth-order valence-corrected chi connectivity index (χ4v) is 2.00. The van der Waals surface area contributed by atoms with Crippen molar-refractivity contribution in [1.82, 2.24) is 5.32 Å². The molecule has 2 N–H and O–H groups in total. The Labute approximate surface area is 122 Å². The number of halogens is 2. The van der Waals surface area contributed by atoms with Crippen LogP contribution in [0.4, 0.5) is 0 Å². The zero-order valence-corrected chi connectivity index (χ0v) is 12.8. The Kier molecular flexibility index (Phi) is 9.18. The topological polar surface area (TPSA) is 50.7 Å². The van der Waals surface area contributed by atoms with E-state index in [1.807, 2.05) is 19.1 Å². The molecular weight excluding hydrogens is 321 g/mol. The third kappa shape index (κ3) is 5.02. The summed E-state index contributed by atoms with van der Waals surface area (Å²) in [6.07, 6.45) is 0. The molecule has 0 aliphatic heterocycles. The molecule has 104 valence electrons. The molecule has 6 heteroatoms. The monoisotopic (exact) mass is 338 g/mol. The lowest BCUT2D eigenvalue weighted by Gasteiger charge is -2.15. The standard InChI is InChI=1S/C12H18BrNO3.ClH/c1-3-17-12-9(8-14-4-5-15)6-10(13)7-11(12)16-2;/h6-7,14-15H,3-5,8H2,1-2H3;1H/p-1. The van der Waals surface area contributed by atoms with E-state index < -0.39 is 0 Å². The Morgan fingerprint density at radius 3 is 2.67 bits per heavy atom. The quantitative estimate of drug-likeness (QED) is 0.622. The fourth-order valence-electron chi connectivity index (χ4n) is 1.52. The smallest absolute Gasteiger partial charge is 0.165 e. The molecule has 0 aliphatic carbocycles. The Bertz CT molecular complexity index is 363. The number of benzene rings is 1. The van der Waals surface area contributed by atoms with Crippen molar-refractivity contribution in [3.63, 3.8) is 0 Å². The first kappa shape index (κ1) is 17.5. The molecule has 0 saturated carbocycles. The molecule has 0 spiro atoms. The molecule has 1 rings (SSSR count). The van der Waals surface area contributed by atoms with Crippen LogP contribution in [-0.4, -0.2) is 32.0 Å². The molecule has 0 unspecified atom stereocenters. The molecule has 1 aromatic carbocycles. The highest BCUT2D eigenvalue weighted by Gasteiger charge is 2.11. The molecule has 0 bridgehead atoms. The minimum atomic E-state index is 0. The lowest BCUT2D eigenvalue weighted by atomic mass is 10.2. The number of nitrogens with one attached hydrogen (secondary N) is 1. The molecule has 4 nitrogen and oxygen atoms in total. The van der Waals surface area contributed by atoms with E-state index in [1.54, 1.807) is 7.11 Å². The Morgan fingerprint density at radius 1 is 1.39 bits per heavy atom. The highest BCUT2D eigenvalue weighted by molar-refractivity contribution is 9.10. The molecular formula is C12H18BrClNO3-. The van der Waals surface area contributed by atoms with Gasteiger partial charge in [-0.1, -0.05) is 15.9 Å². The van der Waals surface area contributed by atoms with Crippen LogP contribution in [0.5, 0.6) is 11.5 Å². The van der Waals surface area contributed by atoms with Crippen LogP contribution in [0, 0.1) is 0 Å². The van der Waals surface area contributed by atoms with Gasteiger partial charge < -0.3 is 32.3 Å². The second-order valence-electron chi connectivity index (χ2n) is 3.43. The zero-order valence-electron chi connectivity index (χ0n) is 10.5. The summed E-state index contributed by atoms with van der Waals surface area (Å²) in [6, 6.07) is 3.86. The molecule has 0 aliphatic rings. The summed E-state index contributed by atoms with van der Waals surface area (Å²) in [7, 11) is 1.62. The molecule has 1 aromatic rings. The van der Waals surface area contributed by atoms with Crippen molar-refractivity contribution < 1.29 is 27.0 Å². The minimum Gasteiger partial charge on any atom is -1.00 e. The van der Waals surface area contributed by atoms with Gasteiger partial charge in [-0.25, -0.2) is 0 Å². The summed E-state index contributed by atoms with van der Waals surface area (Å²) in [5.74, 6) is 1.46. The van der Waals surface area contributed by atoms with Gasteiger partial charge in [0.05, 0.1) is 20.3 Å². The average molecular weight is 340 g/mol. The van der Waals surface area contributed by atoms with Crippen molar-refractivity contribution in [1.29, 1.82) is 0 Å². The first-order valence-electron chi connectivity index (χ1n) is 5.53. The van der Waals surface area contributed by atoms with Crippen LogP contribution in [0.15, 0.2) is 16.6 Å². The maximum atomic E-state index is 8.74. The SMILES string of the molecule is CCOc1c(CNCCO)cc(Br)cc1OC.[Cl-]. The van der Waals surface area contributed by atoms with Crippen LogP contribution >= 0.6 is 15.9 Å². The summed E-state index contributed by atoms with van der Waals surface area (Å²) in [4.78, 5) is 0. The summed E-state index contributed by atoms with van der Waals surface area (Å²) >= 11 is 3.44. The molecule has 18 heavy (non-hydrogen) atoms. The second-order valence-corrected chi connectivity index (χ2v) is 4.35. The van der Waals surface area contributed by atoms with Crippen molar-refractivity contribution in [3.8, 4) is 11.5 Å². The third-order valence-electron chi connectivity index (χ3n) is 2.21. The van der Waals surface area contributed by atoms with Gasteiger partial charge in [0.15, 0.2) is 11.5 Å². The maximum absolute atomic E-state index is 8.74. The number of rotatable bonds is 7. The molecule has 0 atom stereocenters. The lowest BCUT2D eigenvalue weighted by molar-refractivity contribution is -0.00000522. The van der Waals surface area contributed by atoms with Gasteiger partial charge in [0.1, 0.15) is 0 Å². The van der Waals surface area contributed by atoms with Gasteiger partial charge in [-0.05, 0) is 19.1 Å². The van der Waals surface area contributed by atoms with E-state index in [1.165, 1.54) is 0 Å². The minimum absolute atomic E-state index is 0. The average Bonchev–Trinajstić information content (AvgIpc) is 2.32. The molecule has 0 amide bonds. The van der Waals surface area contributed by atoms with Crippen LogP contribution in [0.1, 0.15) is 12.5 Å². The maximum Gasteiger partial charge on any atom is 0.165 e. The third-order valence-corrected chi connectivity index (χ3v) is 2.67. The number of aliphatic hydroxyl groups excluding tert-OH is 1. The van der Waals surface area contributed by atoms with Gasteiger partial charge in [-0.15, -0.1) is 0 Å². The van der Waals surface area contributed by atoms with E-state index in [2.05, 4.69) is 21.2 Å². The molecule has 0 aromatic heterocycles. The van der Waals surface area contributed by atoms with Crippen LogP contribution < -0.4 is 27.2 Å². The van der Waals surface area contributed by atoms with Crippen molar-refractivity contribution in [2.45, 2.75) is 13.5 Å². The lowest BCUT2D eigenvalue weighted by Crippen LogP contribution is -3.00. The number of hydrogen-bond donors (Lipinski definition) is 2. The van der Waals surface area contributed by atoms with Crippen LogP contribution in [0.3, 0.4) is 0 Å². The summed E-state index contributed by atoms with van der Waals surface area (Å²) in [6.45, 7) is 3.83. The van der Waals surface area contributed by atoms with Gasteiger partial charge in [0, 0.05) is 23.1 Å². The summed E-state index contributed by atoms with van der Waals surface area (Å²) in [5, 5.41) is 11.9. The van der Waals surface area contributed by atoms with Crippen molar-refractivity contribution in [2.75, 3.05) is 26.9 Å². The van der Waals surface area contributed by atoms with Gasteiger partial charge in [-0.2, -0.15) is 0 Å². The van der Waals surface area contributed by atoms with Crippen molar-refractivity contribution in [2.24, 2.45) is 0 Å². The Balaban J connectivity index is 0.00000289. The summed E-state index contributed by atoms with van der Waals surface area (Å²) in [5.41, 5.74) is 1.01. The van der Waals surface area contributed by atoms with Crippen molar-refractivity contribution in [3.05, 3.63) is 22.2 Å². The van der Waals surface area contributed by atoms with E-state index in [0.29, 0.717) is 25.4 Å². The predicted molar refractivity (Wildman–Crippen MR) is 70.7 cm³/mol. The first-order valence-corrected chi connectivity index (χ1v) is 6.33. The highest BCUT2D eigenvalue weighted by Crippen LogP contribution is 2.34. The highest BCUT2D eigenvalue weighted by atomic mass is 79.9. The van der Waals surface area contributed by atoms with Gasteiger partial charge in [-0.3, -0.25) is 0 Å². The number of hydrogen-bond acceptors (Lipinski definition) is 4.